The highest BCUT2D eigenvalue weighted by Crippen LogP contribution is 2.24. The Kier molecular flexibility index (Phi) is 5.12. The standard InChI is InChI=1S/C15H10ClN3O4/c16-12-3-1-2-4-14(12)23-9-15(20)18-13-6-5-11(19(21)22)7-10(13)8-17/h1-7H,9H2,(H,18,20). The molecule has 1 amide bonds. The fourth-order valence-corrected chi connectivity index (χ4v) is 1.93. The second kappa shape index (κ2) is 7.24. The van der Waals surface area contributed by atoms with Crippen molar-refractivity contribution in [1.29, 1.82) is 5.26 Å². The number of ether oxygens (including phenoxy) is 1. The van der Waals surface area contributed by atoms with E-state index in [0.29, 0.717) is 10.8 Å². The maximum absolute atomic E-state index is 11.9. The number of non-ortho nitro benzene ring substituents is 1. The summed E-state index contributed by atoms with van der Waals surface area (Å²) in [7, 11) is 0. The number of para-hydroxylation sites is 1. The van der Waals surface area contributed by atoms with Crippen molar-refractivity contribution in [3.63, 3.8) is 0 Å². The molecule has 7 nitrogen and oxygen atoms in total. The molecular weight excluding hydrogens is 322 g/mol. The van der Waals surface area contributed by atoms with Gasteiger partial charge in [0.05, 0.1) is 21.2 Å². The normalized spacial score (nSPS) is 9.74. The van der Waals surface area contributed by atoms with Gasteiger partial charge in [-0.05, 0) is 18.2 Å². The van der Waals surface area contributed by atoms with E-state index < -0.39 is 10.8 Å². The van der Waals surface area contributed by atoms with Crippen LogP contribution >= 0.6 is 11.6 Å². The smallest absolute Gasteiger partial charge is 0.270 e. The van der Waals surface area contributed by atoms with Gasteiger partial charge in [-0.15, -0.1) is 0 Å². The molecule has 2 aromatic rings. The molecule has 0 fully saturated rings. The Labute approximate surface area is 136 Å². The first-order valence-corrected chi connectivity index (χ1v) is 6.75. The van der Waals surface area contributed by atoms with E-state index in [9.17, 15) is 14.9 Å². The lowest BCUT2D eigenvalue weighted by Crippen LogP contribution is -2.20. The molecule has 0 aliphatic rings. The van der Waals surface area contributed by atoms with Crippen molar-refractivity contribution in [2.45, 2.75) is 0 Å². The van der Waals surface area contributed by atoms with Crippen LogP contribution in [0.3, 0.4) is 0 Å². The van der Waals surface area contributed by atoms with Crippen molar-refractivity contribution in [3.05, 3.63) is 63.2 Å². The van der Waals surface area contributed by atoms with E-state index >= 15 is 0 Å². The Morgan fingerprint density at radius 2 is 2.09 bits per heavy atom. The van der Waals surface area contributed by atoms with Crippen LogP contribution in [0.1, 0.15) is 5.56 Å². The molecule has 0 spiro atoms. The Hall–Kier alpha value is -3.11. The van der Waals surface area contributed by atoms with Gasteiger partial charge < -0.3 is 10.1 Å². The van der Waals surface area contributed by atoms with Gasteiger partial charge in [-0.2, -0.15) is 5.26 Å². The topological polar surface area (TPSA) is 105 Å². The summed E-state index contributed by atoms with van der Waals surface area (Å²) < 4.78 is 5.27. The lowest BCUT2D eigenvalue weighted by Gasteiger charge is -2.09. The maximum Gasteiger partial charge on any atom is 0.270 e. The summed E-state index contributed by atoms with van der Waals surface area (Å²) in [6, 6.07) is 12.1. The van der Waals surface area contributed by atoms with Gasteiger partial charge in [0.15, 0.2) is 6.61 Å². The molecule has 0 saturated heterocycles. The van der Waals surface area contributed by atoms with E-state index in [0.717, 1.165) is 6.07 Å². The summed E-state index contributed by atoms with van der Waals surface area (Å²) in [6.07, 6.45) is 0. The predicted molar refractivity (Wildman–Crippen MR) is 83.4 cm³/mol. The number of benzene rings is 2. The highest BCUT2D eigenvalue weighted by atomic mass is 35.5. The zero-order chi connectivity index (χ0) is 16.8. The lowest BCUT2D eigenvalue weighted by molar-refractivity contribution is -0.384. The molecule has 0 atom stereocenters. The number of carbonyl (C=O) groups excluding carboxylic acids is 1. The number of nitrogens with one attached hydrogen (secondary N) is 1. The Balaban J connectivity index is 2.04. The van der Waals surface area contributed by atoms with Crippen molar-refractivity contribution in [2.24, 2.45) is 0 Å². The van der Waals surface area contributed by atoms with Gasteiger partial charge in [0.2, 0.25) is 0 Å². The van der Waals surface area contributed by atoms with Crippen molar-refractivity contribution in [1.82, 2.24) is 0 Å². The van der Waals surface area contributed by atoms with Gasteiger partial charge in [0, 0.05) is 12.1 Å². The zero-order valence-electron chi connectivity index (χ0n) is 11.7. The fourth-order valence-electron chi connectivity index (χ4n) is 1.74. The summed E-state index contributed by atoms with van der Waals surface area (Å²) in [5, 5.41) is 22.5. The Morgan fingerprint density at radius 1 is 1.35 bits per heavy atom. The lowest BCUT2D eigenvalue weighted by atomic mass is 10.1. The summed E-state index contributed by atoms with van der Waals surface area (Å²) in [6.45, 7) is -0.314. The number of carbonyl (C=O) groups is 1. The molecule has 1 N–H and O–H groups in total. The van der Waals surface area contributed by atoms with Crippen LogP contribution in [0.15, 0.2) is 42.5 Å². The molecule has 0 heterocycles. The monoisotopic (exact) mass is 331 g/mol. The molecule has 0 aromatic heterocycles. The largest absolute Gasteiger partial charge is 0.482 e. The van der Waals surface area contributed by atoms with Crippen LogP contribution in [0.4, 0.5) is 11.4 Å². The quantitative estimate of drug-likeness (QED) is 0.669. The number of nitriles is 1. The van der Waals surface area contributed by atoms with E-state index in [1.807, 2.05) is 0 Å². The molecule has 0 saturated carbocycles. The van der Waals surface area contributed by atoms with E-state index in [-0.39, 0.29) is 23.5 Å². The van der Waals surface area contributed by atoms with E-state index in [2.05, 4.69) is 5.32 Å². The minimum atomic E-state index is -0.618. The van der Waals surface area contributed by atoms with Crippen LogP contribution in [0.25, 0.3) is 0 Å². The number of hydrogen-bond donors (Lipinski definition) is 1. The van der Waals surface area contributed by atoms with Crippen molar-refractivity contribution >= 4 is 28.9 Å². The molecule has 2 aromatic carbocycles. The van der Waals surface area contributed by atoms with Crippen LogP contribution < -0.4 is 10.1 Å². The van der Waals surface area contributed by atoms with Crippen molar-refractivity contribution in [3.8, 4) is 11.8 Å². The summed E-state index contributed by atoms with van der Waals surface area (Å²) >= 11 is 5.90. The average Bonchev–Trinajstić information content (AvgIpc) is 2.54. The van der Waals surface area contributed by atoms with Crippen LogP contribution in [-0.2, 0) is 4.79 Å². The van der Waals surface area contributed by atoms with E-state index in [4.69, 9.17) is 21.6 Å². The highest BCUT2D eigenvalue weighted by molar-refractivity contribution is 6.32. The molecule has 0 unspecified atom stereocenters. The van der Waals surface area contributed by atoms with Gasteiger partial charge in [-0.25, -0.2) is 0 Å². The number of anilines is 1. The molecular formula is C15H10ClN3O4. The molecule has 0 aliphatic carbocycles. The van der Waals surface area contributed by atoms with Gasteiger partial charge >= 0.3 is 0 Å². The molecule has 8 heteroatoms. The molecule has 0 bridgehead atoms. The van der Waals surface area contributed by atoms with Crippen LogP contribution in [0.2, 0.25) is 5.02 Å². The third-order valence-corrected chi connectivity index (χ3v) is 3.12. The van der Waals surface area contributed by atoms with E-state index in [1.54, 1.807) is 30.3 Å². The number of hydrogen-bond acceptors (Lipinski definition) is 5. The first-order valence-electron chi connectivity index (χ1n) is 6.37. The number of nitro groups is 1. The fraction of sp³-hybridized carbons (Fsp3) is 0.0667. The average molecular weight is 332 g/mol. The van der Waals surface area contributed by atoms with Crippen LogP contribution in [-0.4, -0.2) is 17.4 Å². The number of halogens is 1. The second-order valence-corrected chi connectivity index (χ2v) is 4.77. The van der Waals surface area contributed by atoms with Crippen molar-refractivity contribution < 1.29 is 14.5 Å². The molecule has 0 radical (unpaired) electrons. The SMILES string of the molecule is N#Cc1cc([N+](=O)[O-])ccc1NC(=O)COc1ccccc1Cl. The third-order valence-electron chi connectivity index (χ3n) is 2.80. The summed E-state index contributed by atoms with van der Waals surface area (Å²) in [5.41, 5.74) is -0.0666. The molecule has 116 valence electrons. The zero-order valence-corrected chi connectivity index (χ0v) is 12.4. The number of nitrogens with zero attached hydrogens (tertiary/aromatic N) is 2. The predicted octanol–water partition coefficient (Wildman–Crippen LogP) is 3.14. The molecule has 0 aliphatic heterocycles. The first kappa shape index (κ1) is 16.3. The van der Waals surface area contributed by atoms with Gasteiger partial charge in [-0.3, -0.25) is 14.9 Å². The molecule has 2 rings (SSSR count). The van der Waals surface area contributed by atoms with Crippen molar-refractivity contribution in [2.75, 3.05) is 11.9 Å². The van der Waals surface area contributed by atoms with Crippen LogP contribution in [0.5, 0.6) is 5.75 Å². The molecule has 23 heavy (non-hydrogen) atoms. The Morgan fingerprint density at radius 3 is 2.74 bits per heavy atom. The van der Waals surface area contributed by atoms with Crippen LogP contribution in [0, 0.1) is 21.4 Å². The summed E-state index contributed by atoms with van der Waals surface area (Å²) in [4.78, 5) is 21.9. The third kappa shape index (κ3) is 4.18. The minimum absolute atomic E-state index is 0.00899. The maximum atomic E-state index is 11.9. The highest BCUT2D eigenvalue weighted by Gasteiger charge is 2.13. The van der Waals surface area contributed by atoms with Gasteiger partial charge in [-0.1, -0.05) is 23.7 Å². The van der Waals surface area contributed by atoms with E-state index in [1.165, 1.54) is 12.1 Å². The number of amides is 1. The number of rotatable bonds is 5. The summed E-state index contributed by atoms with van der Waals surface area (Å²) in [5.74, 6) is -0.163. The minimum Gasteiger partial charge on any atom is -0.482 e. The second-order valence-electron chi connectivity index (χ2n) is 4.37. The van der Waals surface area contributed by atoms with Gasteiger partial charge in [0.1, 0.15) is 11.8 Å². The Bertz CT molecular complexity index is 802. The number of nitro benzene ring substituents is 1. The first-order chi connectivity index (χ1) is 11.0. The van der Waals surface area contributed by atoms with Gasteiger partial charge in [0.25, 0.3) is 11.6 Å².